The van der Waals surface area contributed by atoms with E-state index in [9.17, 15) is 39.7 Å². The Morgan fingerprint density at radius 1 is 0.976 bits per heavy atom. The standard InChI is InChI=1S/C27H28N4O10S/c1-16(32)22-24(33)29-23(26(34)40-14-17-5-9-19(10-6-17)30(36)37)21(42-25(22)29)4-2-3-13-28-27(35)41-15-18-7-11-20(12-8-18)31(38)39/h5-12,16,22,25,32H,2-4,13-15H2,1H3,(H,28,35)/t16-,22-,25-/m1/s1. The summed E-state index contributed by atoms with van der Waals surface area (Å²) in [6, 6.07) is 11.2. The summed E-state index contributed by atoms with van der Waals surface area (Å²) in [4.78, 5) is 60.3. The fourth-order valence-corrected chi connectivity index (χ4v) is 6.12. The number of aliphatic hydroxyl groups excluding tert-OH is 1. The lowest BCUT2D eigenvalue weighted by Gasteiger charge is -2.43. The number of amides is 2. The number of benzene rings is 2. The molecule has 2 aromatic rings. The van der Waals surface area contributed by atoms with Gasteiger partial charge in [0.1, 0.15) is 24.3 Å². The van der Waals surface area contributed by atoms with Crippen molar-refractivity contribution in [2.45, 2.75) is 50.9 Å². The van der Waals surface area contributed by atoms with Crippen molar-refractivity contribution in [3.8, 4) is 0 Å². The summed E-state index contributed by atoms with van der Waals surface area (Å²) in [5.74, 6) is -1.71. The van der Waals surface area contributed by atoms with Crippen LogP contribution in [0.3, 0.4) is 0 Å². The van der Waals surface area contributed by atoms with E-state index in [1.165, 1.54) is 72.1 Å². The first-order chi connectivity index (χ1) is 20.1. The average molecular weight is 601 g/mol. The van der Waals surface area contributed by atoms with Crippen LogP contribution in [0.15, 0.2) is 59.1 Å². The van der Waals surface area contributed by atoms with Crippen LogP contribution in [-0.4, -0.2) is 55.8 Å². The molecule has 1 fully saturated rings. The molecule has 0 aliphatic carbocycles. The van der Waals surface area contributed by atoms with Crippen molar-refractivity contribution in [3.63, 3.8) is 0 Å². The summed E-state index contributed by atoms with van der Waals surface area (Å²) in [6.45, 7) is 1.63. The molecule has 14 nitrogen and oxygen atoms in total. The maximum absolute atomic E-state index is 13.1. The van der Waals surface area contributed by atoms with E-state index in [4.69, 9.17) is 9.47 Å². The van der Waals surface area contributed by atoms with Gasteiger partial charge < -0.3 is 19.9 Å². The number of fused-ring (bicyclic) bond motifs is 1. The van der Waals surface area contributed by atoms with Crippen LogP contribution in [-0.2, 0) is 32.3 Å². The van der Waals surface area contributed by atoms with Gasteiger partial charge in [-0.2, -0.15) is 0 Å². The number of hydrogen-bond donors (Lipinski definition) is 2. The smallest absolute Gasteiger partial charge is 0.407 e. The van der Waals surface area contributed by atoms with Crippen LogP contribution >= 0.6 is 11.8 Å². The number of allylic oxidation sites excluding steroid dienone is 1. The number of esters is 1. The molecule has 4 rings (SSSR count). The molecule has 2 N–H and O–H groups in total. The molecule has 2 aromatic carbocycles. The number of non-ortho nitro benzene ring substituents is 2. The van der Waals surface area contributed by atoms with E-state index in [1.807, 2.05) is 0 Å². The molecule has 0 bridgehead atoms. The second kappa shape index (κ2) is 13.4. The summed E-state index contributed by atoms with van der Waals surface area (Å²) in [5.41, 5.74) is 1.12. The second-order valence-corrected chi connectivity index (χ2v) is 10.8. The summed E-state index contributed by atoms with van der Waals surface area (Å²) < 4.78 is 10.6. The van der Waals surface area contributed by atoms with Crippen molar-refractivity contribution < 1.29 is 38.8 Å². The number of nitrogens with one attached hydrogen (secondary N) is 1. The first-order valence-electron chi connectivity index (χ1n) is 13.0. The molecule has 0 spiro atoms. The van der Waals surface area contributed by atoms with Gasteiger partial charge in [0.15, 0.2) is 0 Å². The Labute approximate surface area is 244 Å². The summed E-state index contributed by atoms with van der Waals surface area (Å²) in [6.07, 6.45) is 0.00859. The number of thioether (sulfide) groups is 1. The molecule has 1 saturated heterocycles. The summed E-state index contributed by atoms with van der Waals surface area (Å²) >= 11 is 1.33. The van der Waals surface area contributed by atoms with Crippen LogP contribution in [0.5, 0.6) is 0 Å². The highest BCUT2D eigenvalue weighted by Crippen LogP contribution is 2.51. The van der Waals surface area contributed by atoms with Crippen molar-refractivity contribution in [1.29, 1.82) is 0 Å². The number of carbonyl (C=O) groups is 3. The second-order valence-electron chi connectivity index (χ2n) is 9.64. The Morgan fingerprint density at radius 2 is 1.52 bits per heavy atom. The van der Waals surface area contributed by atoms with Gasteiger partial charge in [0.25, 0.3) is 11.4 Å². The minimum absolute atomic E-state index is 0.0472. The van der Waals surface area contributed by atoms with Crippen molar-refractivity contribution in [2.24, 2.45) is 5.92 Å². The molecule has 2 aliphatic heterocycles. The number of ether oxygens (including phenoxy) is 2. The van der Waals surface area contributed by atoms with E-state index in [0.29, 0.717) is 41.8 Å². The molecule has 2 heterocycles. The Kier molecular flexibility index (Phi) is 9.75. The Balaban J connectivity index is 1.28. The zero-order chi connectivity index (χ0) is 30.4. The molecular formula is C27H28N4O10S. The number of β-lactam (4-membered cyclic amide) rings is 1. The van der Waals surface area contributed by atoms with Crippen molar-refractivity contribution >= 4 is 41.1 Å². The molecule has 2 aliphatic rings. The van der Waals surface area contributed by atoms with Crippen molar-refractivity contribution in [1.82, 2.24) is 10.2 Å². The van der Waals surface area contributed by atoms with Gasteiger partial charge in [-0.05, 0) is 61.6 Å². The fraction of sp³-hybridized carbons (Fsp3) is 0.370. The first-order valence-corrected chi connectivity index (χ1v) is 13.9. The monoisotopic (exact) mass is 600 g/mol. The highest BCUT2D eigenvalue weighted by Gasteiger charge is 2.57. The largest absolute Gasteiger partial charge is 0.456 e. The maximum Gasteiger partial charge on any atom is 0.407 e. The average Bonchev–Trinajstić information content (AvgIpc) is 3.28. The van der Waals surface area contributed by atoms with Crippen LogP contribution in [0.1, 0.15) is 37.3 Å². The molecule has 0 saturated carbocycles. The number of aliphatic hydroxyl groups is 1. The highest BCUT2D eigenvalue weighted by atomic mass is 32.2. The number of carbonyl (C=O) groups excluding carboxylic acids is 3. The Morgan fingerprint density at radius 3 is 2.05 bits per heavy atom. The number of nitro groups is 2. The highest BCUT2D eigenvalue weighted by molar-refractivity contribution is 8.04. The Hall–Kier alpha value is -4.50. The molecule has 0 radical (unpaired) electrons. The van der Waals surface area contributed by atoms with Gasteiger partial charge in [-0.15, -0.1) is 11.8 Å². The number of unbranched alkanes of at least 4 members (excludes halogenated alkanes) is 1. The van der Waals surface area contributed by atoms with Crippen LogP contribution in [0, 0.1) is 26.1 Å². The zero-order valence-electron chi connectivity index (χ0n) is 22.5. The minimum atomic E-state index is -0.885. The molecule has 2 amide bonds. The summed E-state index contributed by atoms with van der Waals surface area (Å²) in [7, 11) is 0. The minimum Gasteiger partial charge on any atom is -0.456 e. The molecule has 3 atom stereocenters. The number of alkyl carbamates (subject to hydrolysis) is 1. The van der Waals surface area contributed by atoms with E-state index in [2.05, 4.69) is 5.32 Å². The van der Waals surface area contributed by atoms with Gasteiger partial charge in [-0.1, -0.05) is 0 Å². The van der Waals surface area contributed by atoms with Gasteiger partial charge in [-0.25, -0.2) is 9.59 Å². The lowest BCUT2D eigenvalue weighted by Crippen LogP contribution is -2.60. The lowest BCUT2D eigenvalue weighted by atomic mass is 9.92. The van der Waals surface area contributed by atoms with E-state index in [0.717, 1.165) is 0 Å². The normalized spacial score (nSPS) is 18.1. The predicted octanol–water partition coefficient (Wildman–Crippen LogP) is 3.77. The quantitative estimate of drug-likeness (QED) is 0.112. The molecule has 42 heavy (non-hydrogen) atoms. The summed E-state index contributed by atoms with van der Waals surface area (Å²) in [5, 5.41) is 33.8. The van der Waals surface area contributed by atoms with Gasteiger partial charge in [0, 0.05) is 35.7 Å². The molecular weight excluding hydrogens is 572 g/mol. The lowest BCUT2D eigenvalue weighted by molar-refractivity contribution is -0.385. The molecule has 0 aromatic heterocycles. The number of hydrogen-bond acceptors (Lipinski definition) is 11. The van der Waals surface area contributed by atoms with E-state index in [-0.39, 0.29) is 36.2 Å². The third-order valence-corrected chi connectivity index (χ3v) is 8.13. The molecule has 0 unspecified atom stereocenters. The van der Waals surface area contributed by atoms with Crippen molar-refractivity contribution in [2.75, 3.05) is 6.54 Å². The van der Waals surface area contributed by atoms with Gasteiger partial charge in [-0.3, -0.25) is 29.9 Å². The SMILES string of the molecule is C[C@@H](O)[C@@H]1C(=O)N2C(C(=O)OCc3ccc([N+](=O)[O-])cc3)=C(CCCCNC(=O)OCc3ccc([N+](=O)[O-])cc3)S[C@H]12. The third kappa shape index (κ3) is 7.03. The topological polar surface area (TPSA) is 191 Å². The van der Waals surface area contributed by atoms with Crippen molar-refractivity contribution in [3.05, 3.63) is 90.5 Å². The van der Waals surface area contributed by atoms with Gasteiger partial charge in [0.05, 0.1) is 21.9 Å². The van der Waals surface area contributed by atoms with E-state index < -0.39 is 39.3 Å². The zero-order valence-corrected chi connectivity index (χ0v) is 23.3. The molecule has 222 valence electrons. The van der Waals surface area contributed by atoms with Crippen LogP contribution in [0.4, 0.5) is 16.2 Å². The third-order valence-electron chi connectivity index (χ3n) is 6.70. The first kappa shape index (κ1) is 30.5. The van der Waals surface area contributed by atoms with Gasteiger partial charge in [0.2, 0.25) is 5.91 Å². The predicted molar refractivity (Wildman–Crippen MR) is 148 cm³/mol. The Bertz CT molecular complexity index is 1390. The van der Waals surface area contributed by atoms with E-state index >= 15 is 0 Å². The number of nitro benzene ring substituents is 2. The maximum atomic E-state index is 13.1. The number of nitrogens with zero attached hydrogens (tertiary/aromatic N) is 3. The van der Waals surface area contributed by atoms with Crippen LogP contribution in [0.2, 0.25) is 0 Å². The number of rotatable bonds is 13. The fourth-order valence-electron chi connectivity index (χ4n) is 4.47. The van der Waals surface area contributed by atoms with Crippen LogP contribution in [0.25, 0.3) is 0 Å². The molecule has 15 heteroatoms. The van der Waals surface area contributed by atoms with Crippen LogP contribution < -0.4 is 5.32 Å². The van der Waals surface area contributed by atoms with Gasteiger partial charge >= 0.3 is 12.1 Å². The van der Waals surface area contributed by atoms with E-state index in [1.54, 1.807) is 0 Å².